The van der Waals surface area contributed by atoms with Gasteiger partial charge in [-0.2, -0.15) is 0 Å². The Morgan fingerprint density at radius 2 is 1.76 bits per heavy atom. The number of hydrogen-bond acceptors (Lipinski definition) is 6. The van der Waals surface area contributed by atoms with Crippen LogP contribution in [0.25, 0.3) is 0 Å². The van der Waals surface area contributed by atoms with E-state index in [0.717, 1.165) is 9.87 Å². The van der Waals surface area contributed by atoms with E-state index >= 15 is 0 Å². The van der Waals surface area contributed by atoms with Crippen LogP contribution in [0.15, 0.2) is 53.4 Å². The van der Waals surface area contributed by atoms with Gasteiger partial charge >= 0.3 is 5.97 Å². The van der Waals surface area contributed by atoms with E-state index in [2.05, 4.69) is 5.32 Å². The number of carbonyl (C=O) groups is 3. The number of carbonyl (C=O) groups excluding carboxylic acids is 3. The largest absolute Gasteiger partial charge is 0.452 e. The second kappa shape index (κ2) is 9.20. The molecule has 0 aromatic heterocycles. The number of amides is 2. The lowest BCUT2D eigenvalue weighted by Gasteiger charge is -2.20. The lowest BCUT2D eigenvalue weighted by atomic mass is 10.2. The third kappa shape index (κ3) is 5.79. The molecule has 0 bridgehead atoms. The zero-order chi connectivity index (χ0) is 21.6. The Morgan fingerprint density at radius 1 is 1.10 bits per heavy atom. The second-order valence-corrected chi connectivity index (χ2v) is 8.12. The van der Waals surface area contributed by atoms with Crippen molar-refractivity contribution in [2.75, 3.05) is 24.5 Å². The topological polar surface area (TPSA) is 136 Å². The summed E-state index contributed by atoms with van der Waals surface area (Å²) in [5.74, 6) is -2.32. The number of aryl methyl sites for hydroxylation is 1. The van der Waals surface area contributed by atoms with Gasteiger partial charge in [-0.05, 0) is 37.3 Å². The van der Waals surface area contributed by atoms with Gasteiger partial charge in [-0.15, -0.1) is 0 Å². The molecule has 3 N–H and O–H groups in total. The van der Waals surface area contributed by atoms with Gasteiger partial charge in [0.05, 0.1) is 22.7 Å². The van der Waals surface area contributed by atoms with Crippen molar-refractivity contribution < 1.29 is 27.5 Å². The Labute approximate surface area is 168 Å². The molecule has 0 saturated heterocycles. The summed E-state index contributed by atoms with van der Waals surface area (Å²) in [6, 6.07) is 12.2. The fraction of sp³-hybridized carbons (Fsp3) is 0.211. The van der Waals surface area contributed by atoms with E-state index in [9.17, 15) is 22.8 Å². The molecule has 0 aliphatic carbocycles. The van der Waals surface area contributed by atoms with Gasteiger partial charge in [-0.3, -0.25) is 13.9 Å². The molecule has 0 fully saturated rings. The molecule has 2 amide bonds. The number of nitrogens with two attached hydrogens (primary N) is 1. The standard InChI is InChI=1S/C19H21N3O6S/c1-13-6-8-15(9-7-13)22(2)29(26,27)16-5-3-4-14(10-16)19(25)28-12-18(24)21-11-17(20)23/h3-10H,11-12H2,1-2H3,(H2,20,23)(H,21,24). The smallest absolute Gasteiger partial charge is 0.338 e. The normalized spacial score (nSPS) is 10.8. The predicted molar refractivity (Wildman–Crippen MR) is 106 cm³/mol. The number of sulfonamides is 1. The first-order valence-electron chi connectivity index (χ1n) is 8.49. The summed E-state index contributed by atoms with van der Waals surface area (Å²) in [4.78, 5) is 34.1. The fourth-order valence-corrected chi connectivity index (χ4v) is 3.53. The molecule has 0 heterocycles. The van der Waals surface area contributed by atoms with Crippen molar-refractivity contribution in [1.82, 2.24) is 5.32 Å². The maximum Gasteiger partial charge on any atom is 0.338 e. The number of esters is 1. The number of benzene rings is 2. The highest BCUT2D eigenvalue weighted by molar-refractivity contribution is 7.92. The molecule has 29 heavy (non-hydrogen) atoms. The van der Waals surface area contributed by atoms with Gasteiger partial charge in [-0.25, -0.2) is 13.2 Å². The van der Waals surface area contributed by atoms with E-state index in [4.69, 9.17) is 10.5 Å². The first kappa shape index (κ1) is 21.9. The van der Waals surface area contributed by atoms with Crippen molar-refractivity contribution in [1.29, 1.82) is 0 Å². The summed E-state index contributed by atoms with van der Waals surface area (Å²) in [5.41, 5.74) is 6.32. The van der Waals surface area contributed by atoms with Crippen LogP contribution < -0.4 is 15.4 Å². The predicted octanol–water partition coefficient (Wildman–Crippen LogP) is 0.578. The Kier molecular flexibility index (Phi) is 6.94. The quantitative estimate of drug-likeness (QED) is 0.601. The highest BCUT2D eigenvalue weighted by Gasteiger charge is 2.23. The molecular formula is C19H21N3O6S. The van der Waals surface area contributed by atoms with Crippen molar-refractivity contribution >= 4 is 33.5 Å². The second-order valence-electron chi connectivity index (χ2n) is 6.16. The Morgan fingerprint density at radius 3 is 2.38 bits per heavy atom. The molecule has 0 atom stereocenters. The average molecular weight is 419 g/mol. The molecule has 2 aromatic carbocycles. The van der Waals surface area contributed by atoms with Crippen LogP contribution in [0.5, 0.6) is 0 Å². The maximum atomic E-state index is 12.9. The zero-order valence-electron chi connectivity index (χ0n) is 15.9. The molecule has 2 aromatic rings. The van der Waals surface area contributed by atoms with Gasteiger partial charge in [0.15, 0.2) is 6.61 Å². The van der Waals surface area contributed by atoms with Gasteiger partial charge in [-0.1, -0.05) is 23.8 Å². The van der Waals surface area contributed by atoms with Crippen LogP contribution in [0.3, 0.4) is 0 Å². The summed E-state index contributed by atoms with van der Waals surface area (Å²) < 4.78 is 31.7. The van der Waals surface area contributed by atoms with E-state index in [0.29, 0.717) is 5.69 Å². The number of nitrogens with one attached hydrogen (secondary N) is 1. The van der Waals surface area contributed by atoms with E-state index in [1.807, 2.05) is 6.92 Å². The molecule has 0 saturated carbocycles. The minimum absolute atomic E-state index is 0.0360. The Balaban J connectivity index is 2.13. The summed E-state index contributed by atoms with van der Waals surface area (Å²) in [5, 5.41) is 2.17. The lowest BCUT2D eigenvalue weighted by Crippen LogP contribution is -2.36. The summed E-state index contributed by atoms with van der Waals surface area (Å²) >= 11 is 0. The zero-order valence-corrected chi connectivity index (χ0v) is 16.7. The van der Waals surface area contributed by atoms with Gasteiger partial charge in [0.2, 0.25) is 5.91 Å². The summed E-state index contributed by atoms with van der Waals surface area (Å²) in [7, 11) is -2.50. The third-order valence-corrected chi connectivity index (χ3v) is 5.70. The number of ether oxygens (including phenoxy) is 1. The molecule has 10 heteroatoms. The number of rotatable bonds is 8. The first-order valence-corrected chi connectivity index (χ1v) is 9.93. The molecule has 0 spiro atoms. The van der Waals surface area contributed by atoms with Crippen molar-refractivity contribution in [3.8, 4) is 0 Å². The Hall–Kier alpha value is -3.40. The highest BCUT2D eigenvalue weighted by Crippen LogP contribution is 2.23. The number of nitrogens with zero attached hydrogens (tertiary/aromatic N) is 1. The van der Waals surface area contributed by atoms with Crippen LogP contribution in [0.2, 0.25) is 0 Å². The molecule has 0 aliphatic heterocycles. The van der Waals surface area contributed by atoms with Crippen LogP contribution in [-0.4, -0.2) is 46.4 Å². The number of hydrogen-bond donors (Lipinski definition) is 2. The third-order valence-electron chi connectivity index (χ3n) is 3.92. The molecular weight excluding hydrogens is 398 g/mol. The number of anilines is 1. The molecule has 9 nitrogen and oxygen atoms in total. The molecule has 0 radical (unpaired) electrons. The van der Waals surface area contributed by atoms with Crippen LogP contribution in [-0.2, 0) is 24.3 Å². The van der Waals surface area contributed by atoms with E-state index in [-0.39, 0.29) is 17.0 Å². The summed E-state index contributed by atoms with van der Waals surface area (Å²) in [6.07, 6.45) is 0. The minimum atomic E-state index is -3.92. The SMILES string of the molecule is Cc1ccc(N(C)S(=O)(=O)c2cccc(C(=O)OCC(=O)NCC(N)=O)c2)cc1. The monoisotopic (exact) mass is 419 g/mol. The van der Waals surface area contributed by atoms with Crippen LogP contribution in [0.1, 0.15) is 15.9 Å². The summed E-state index contributed by atoms with van der Waals surface area (Å²) in [6.45, 7) is 0.878. The average Bonchev–Trinajstić information content (AvgIpc) is 2.70. The number of primary amides is 1. The molecule has 0 unspecified atom stereocenters. The van der Waals surface area contributed by atoms with Crippen molar-refractivity contribution in [2.24, 2.45) is 5.73 Å². The van der Waals surface area contributed by atoms with Crippen molar-refractivity contribution in [3.63, 3.8) is 0 Å². The maximum absolute atomic E-state index is 12.9. The van der Waals surface area contributed by atoms with Crippen LogP contribution in [0, 0.1) is 6.92 Å². The van der Waals surface area contributed by atoms with E-state index in [1.165, 1.54) is 31.3 Å². The fourth-order valence-electron chi connectivity index (χ4n) is 2.29. The molecule has 154 valence electrons. The van der Waals surface area contributed by atoms with Crippen molar-refractivity contribution in [3.05, 3.63) is 59.7 Å². The molecule has 2 rings (SSSR count). The van der Waals surface area contributed by atoms with E-state index in [1.54, 1.807) is 24.3 Å². The molecule has 0 aliphatic rings. The highest BCUT2D eigenvalue weighted by atomic mass is 32.2. The lowest BCUT2D eigenvalue weighted by molar-refractivity contribution is -0.127. The van der Waals surface area contributed by atoms with Crippen LogP contribution in [0.4, 0.5) is 5.69 Å². The van der Waals surface area contributed by atoms with Gasteiger partial charge in [0, 0.05) is 7.05 Å². The minimum Gasteiger partial charge on any atom is -0.452 e. The van der Waals surface area contributed by atoms with Gasteiger partial charge < -0.3 is 15.8 Å². The van der Waals surface area contributed by atoms with Crippen LogP contribution >= 0.6 is 0 Å². The van der Waals surface area contributed by atoms with Gasteiger partial charge in [0.1, 0.15) is 0 Å². The Bertz CT molecular complexity index is 1020. The first-order chi connectivity index (χ1) is 13.6. The van der Waals surface area contributed by atoms with E-state index < -0.39 is 34.4 Å². The van der Waals surface area contributed by atoms with Gasteiger partial charge in [0.25, 0.3) is 15.9 Å². The van der Waals surface area contributed by atoms with Crippen molar-refractivity contribution in [2.45, 2.75) is 11.8 Å².